The van der Waals surface area contributed by atoms with E-state index in [0.717, 1.165) is 0 Å². The quantitative estimate of drug-likeness (QED) is 0.333. The lowest BCUT2D eigenvalue weighted by atomic mass is 10.1. The summed E-state index contributed by atoms with van der Waals surface area (Å²) in [6.45, 7) is 1.66. The normalized spacial score (nSPS) is 11.6. The van der Waals surface area contributed by atoms with Gasteiger partial charge < -0.3 is 5.73 Å². The highest BCUT2D eigenvalue weighted by Gasteiger charge is 2.25. The first-order chi connectivity index (χ1) is 15.3. The molecule has 0 saturated heterocycles. The number of hydrogen-bond donors (Lipinski definition) is 2. The highest BCUT2D eigenvalue weighted by atomic mass is 35.5. The van der Waals surface area contributed by atoms with E-state index in [4.69, 9.17) is 28.9 Å². The Labute approximate surface area is 189 Å². The first-order valence-electron chi connectivity index (χ1n) is 8.95. The summed E-state index contributed by atoms with van der Waals surface area (Å²) in [5, 5.41) is 19.8. The molecule has 3 N–H and O–H groups in total. The van der Waals surface area contributed by atoms with Crippen molar-refractivity contribution in [2.75, 3.05) is 5.73 Å². The summed E-state index contributed by atoms with van der Waals surface area (Å²) in [6, 6.07) is 10.4. The van der Waals surface area contributed by atoms with E-state index >= 15 is 0 Å². The molecule has 32 heavy (non-hydrogen) atoms. The van der Waals surface area contributed by atoms with Crippen LogP contribution >= 0.6 is 23.2 Å². The van der Waals surface area contributed by atoms with Gasteiger partial charge in [0.1, 0.15) is 11.5 Å². The van der Waals surface area contributed by atoms with E-state index in [9.17, 15) is 9.18 Å². The average molecular weight is 475 g/mol. The highest BCUT2D eigenvalue weighted by molar-refractivity contribution is 6.42. The minimum absolute atomic E-state index is 0.0311. The molecule has 4 aromatic rings. The van der Waals surface area contributed by atoms with Gasteiger partial charge in [-0.05, 0) is 47.1 Å². The molecule has 0 atom stereocenters. The summed E-state index contributed by atoms with van der Waals surface area (Å²) in [4.78, 5) is 12.9. The maximum absolute atomic E-state index is 13.1. The zero-order valence-corrected chi connectivity index (χ0v) is 17.8. The van der Waals surface area contributed by atoms with Crippen molar-refractivity contribution in [2.24, 2.45) is 5.10 Å². The third kappa shape index (κ3) is 4.15. The zero-order valence-electron chi connectivity index (χ0n) is 16.3. The number of aromatic nitrogens is 5. The van der Waals surface area contributed by atoms with Gasteiger partial charge in [0.05, 0.1) is 15.8 Å². The number of halogens is 3. The van der Waals surface area contributed by atoms with Crippen LogP contribution < -0.4 is 11.2 Å². The van der Waals surface area contributed by atoms with Crippen LogP contribution in [-0.2, 0) is 0 Å². The molecule has 0 bridgehead atoms. The van der Waals surface area contributed by atoms with Gasteiger partial charge in [0.15, 0.2) is 5.69 Å². The Hall–Kier alpha value is -3.83. The minimum atomic E-state index is -0.672. The van der Waals surface area contributed by atoms with E-state index in [2.05, 4.69) is 35.8 Å². The fraction of sp³-hybridized carbons (Fsp3) is 0.0526. The first-order valence-corrected chi connectivity index (χ1v) is 9.71. The second-order valence-electron chi connectivity index (χ2n) is 6.45. The van der Waals surface area contributed by atoms with E-state index in [1.807, 2.05) is 0 Å². The number of anilines is 1. The van der Waals surface area contributed by atoms with Gasteiger partial charge in [-0.15, -0.1) is 5.10 Å². The van der Waals surface area contributed by atoms with Crippen molar-refractivity contribution >= 4 is 40.6 Å². The van der Waals surface area contributed by atoms with Crippen LogP contribution in [0.25, 0.3) is 17.1 Å². The number of carbonyl (C=O) groups is 1. The Kier molecular flexibility index (Phi) is 5.84. The van der Waals surface area contributed by atoms with Crippen molar-refractivity contribution in [1.82, 2.24) is 30.7 Å². The summed E-state index contributed by atoms with van der Waals surface area (Å²) >= 11 is 12.2. The number of amides is 1. The monoisotopic (exact) mass is 474 g/mol. The number of rotatable bonds is 5. The lowest BCUT2D eigenvalue weighted by Crippen LogP contribution is -2.21. The number of nitrogen functional groups attached to an aromatic ring is 1. The summed E-state index contributed by atoms with van der Waals surface area (Å²) in [5.41, 5.74) is 9.83. The molecule has 0 unspecified atom stereocenters. The van der Waals surface area contributed by atoms with E-state index in [1.54, 1.807) is 19.1 Å². The van der Waals surface area contributed by atoms with E-state index in [1.165, 1.54) is 35.0 Å². The molecule has 0 fully saturated rings. The predicted molar refractivity (Wildman–Crippen MR) is 115 cm³/mol. The van der Waals surface area contributed by atoms with E-state index in [-0.39, 0.29) is 33.9 Å². The van der Waals surface area contributed by atoms with Crippen LogP contribution in [0.3, 0.4) is 0 Å². The van der Waals surface area contributed by atoms with Crippen LogP contribution in [0.1, 0.15) is 23.0 Å². The molecule has 2 heterocycles. The summed E-state index contributed by atoms with van der Waals surface area (Å²) in [5.74, 6) is -1.08. The zero-order chi connectivity index (χ0) is 22.8. The van der Waals surface area contributed by atoms with Crippen molar-refractivity contribution < 1.29 is 13.8 Å². The Morgan fingerprint density at radius 2 is 1.91 bits per heavy atom. The molecule has 0 aliphatic heterocycles. The standard InChI is InChI=1S/C19H13Cl2FN8O2/c1-9(10-2-5-12(22)6-3-10)24-26-19(31)15-16(11-4-7-13(20)14(21)8-11)30(29-25-15)18-17(23)27-32-28-18/h2-8H,1H3,(H2,23,27)(H,26,31)/b24-9+. The minimum Gasteiger partial charge on any atom is -0.378 e. The topological polar surface area (TPSA) is 137 Å². The largest absolute Gasteiger partial charge is 0.378 e. The van der Waals surface area contributed by atoms with Crippen LogP contribution in [0.5, 0.6) is 0 Å². The van der Waals surface area contributed by atoms with E-state index < -0.39 is 5.91 Å². The molecule has 162 valence electrons. The molecule has 2 aromatic carbocycles. The Morgan fingerprint density at radius 3 is 2.56 bits per heavy atom. The Balaban J connectivity index is 1.73. The van der Waals surface area contributed by atoms with Gasteiger partial charge in [0, 0.05) is 5.56 Å². The SMILES string of the molecule is C/C(=N\NC(=O)c1nnn(-c2nonc2N)c1-c1ccc(Cl)c(Cl)c1)c1ccc(F)cc1. The lowest BCUT2D eigenvalue weighted by Gasteiger charge is -2.07. The van der Waals surface area contributed by atoms with Crippen LogP contribution in [0, 0.1) is 5.82 Å². The molecule has 10 nitrogen and oxygen atoms in total. The second-order valence-corrected chi connectivity index (χ2v) is 7.26. The Bertz CT molecular complexity index is 1330. The lowest BCUT2D eigenvalue weighted by molar-refractivity contribution is 0.0950. The van der Waals surface area contributed by atoms with Crippen LogP contribution in [0.15, 0.2) is 52.2 Å². The van der Waals surface area contributed by atoms with E-state index in [0.29, 0.717) is 21.9 Å². The molecule has 2 aromatic heterocycles. The maximum Gasteiger partial charge on any atom is 0.294 e. The number of hydrogen-bond acceptors (Lipinski definition) is 8. The molecule has 0 spiro atoms. The summed E-state index contributed by atoms with van der Waals surface area (Å²) < 4.78 is 18.9. The Morgan fingerprint density at radius 1 is 1.16 bits per heavy atom. The van der Waals surface area contributed by atoms with Crippen molar-refractivity contribution in [2.45, 2.75) is 6.92 Å². The van der Waals surface area contributed by atoms with Gasteiger partial charge in [-0.3, -0.25) is 4.79 Å². The average Bonchev–Trinajstić information content (AvgIpc) is 3.40. The molecular formula is C19H13Cl2FN8O2. The van der Waals surface area contributed by atoms with Crippen molar-refractivity contribution in [1.29, 1.82) is 0 Å². The highest BCUT2D eigenvalue weighted by Crippen LogP contribution is 2.31. The maximum atomic E-state index is 13.1. The molecular weight excluding hydrogens is 462 g/mol. The summed E-state index contributed by atoms with van der Waals surface area (Å²) in [6.07, 6.45) is 0. The molecule has 0 radical (unpaired) electrons. The molecule has 13 heteroatoms. The number of benzene rings is 2. The van der Waals surface area contributed by atoms with Crippen molar-refractivity contribution in [3.8, 4) is 17.1 Å². The number of nitrogens with two attached hydrogens (primary N) is 1. The number of nitrogens with zero attached hydrogens (tertiary/aromatic N) is 6. The fourth-order valence-electron chi connectivity index (χ4n) is 2.77. The number of nitrogens with one attached hydrogen (secondary N) is 1. The van der Waals surface area contributed by atoms with Gasteiger partial charge in [0.25, 0.3) is 5.91 Å². The number of hydrazone groups is 1. The van der Waals surface area contributed by atoms with Gasteiger partial charge in [-0.2, -0.15) is 9.78 Å². The van der Waals surface area contributed by atoms with Gasteiger partial charge >= 0.3 is 0 Å². The van der Waals surface area contributed by atoms with Crippen LogP contribution in [0.2, 0.25) is 10.0 Å². The smallest absolute Gasteiger partial charge is 0.294 e. The van der Waals surface area contributed by atoms with Gasteiger partial charge in [0.2, 0.25) is 11.6 Å². The molecule has 0 aliphatic carbocycles. The molecule has 4 rings (SSSR count). The third-order valence-corrected chi connectivity index (χ3v) is 5.10. The molecule has 0 aliphatic rings. The van der Waals surface area contributed by atoms with Crippen LogP contribution in [-0.4, -0.2) is 36.9 Å². The summed E-state index contributed by atoms with van der Waals surface area (Å²) in [7, 11) is 0. The third-order valence-electron chi connectivity index (χ3n) is 4.36. The fourth-order valence-corrected chi connectivity index (χ4v) is 3.06. The first kappa shape index (κ1) is 21.4. The van der Waals surface area contributed by atoms with Crippen LogP contribution in [0.4, 0.5) is 10.2 Å². The van der Waals surface area contributed by atoms with Crippen molar-refractivity contribution in [3.05, 3.63) is 69.6 Å². The molecule has 1 amide bonds. The predicted octanol–water partition coefficient (Wildman–Crippen LogP) is 3.50. The molecule has 0 saturated carbocycles. The number of carbonyl (C=O) groups excluding carboxylic acids is 1. The van der Waals surface area contributed by atoms with Gasteiger partial charge in [-0.1, -0.05) is 46.6 Å². The van der Waals surface area contributed by atoms with Crippen molar-refractivity contribution in [3.63, 3.8) is 0 Å². The second kappa shape index (κ2) is 8.73. The van der Waals surface area contributed by atoms with Gasteiger partial charge in [-0.25, -0.2) is 14.4 Å².